The van der Waals surface area contributed by atoms with Gasteiger partial charge in [-0.2, -0.15) is 0 Å². The number of methoxy groups -OCH3 is 1. The van der Waals surface area contributed by atoms with Crippen molar-refractivity contribution in [1.29, 1.82) is 0 Å². The Bertz CT molecular complexity index is 1070. The van der Waals surface area contributed by atoms with E-state index in [9.17, 15) is 9.59 Å². The zero-order valence-electron chi connectivity index (χ0n) is 18.0. The molecule has 0 saturated heterocycles. The minimum atomic E-state index is -0.637. The van der Waals surface area contributed by atoms with Gasteiger partial charge in [0, 0.05) is 31.1 Å². The zero-order chi connectivity index (χ0) is 22.3. The lowest BCUT2D eigenvalue weighted by Crippen LogP contribution is -2.44. The highest BCUT2D eigenvalue weighted by molar-refractivity contribution is 7.10. The van der Waals surface area contributed by atoms with Gasteiger partial charge in [0.15, 0.2) is 0 Å². The van der Waals surface area contributed by atoms with Crippen molar-refractivity contribution in [3.63, 3.8) is 0 Å². The molecular weight excluding hydrogens is 422 g/mol. The first-order valence-electron chi connectivity index (χ1n) is 10.7. The van der Waals surface area contributed by atoms with Gasteiger partial charge in [-0.15, -0.1) is 11.3 Å². The van der Waals surface area contributed by atoms with Gasteiger partial charge in [0.1, 0.15) is 5.75 Å². The number of hydrogen-bond donors (Lipinski definition) is 2. The van der Waals surface area contributed by atoms with E-state index in [2.05, 4.69) is 45.9 Å². The molecule has 1 aliphatic rings. The lowest BCUT2D eigenvalue weighted by atomic mass is 9.98. The third-order valence-corrected chi connectivity index (χ3v) is 6.70. The fourth-order valence-electron chi connectivity index (χ4n) is 3.99. The predicted molar refractivity (Wildman–Crippen MR) is 125 cm³/mol. The summed E-state index contributed by atoms with van der Waals surface area (Å²) in [5.74, 6) is -0.545. The quantitative estimate of drug-likeness (QED) is 0.543. The van der Waals surface area contributed by atoms with Crippen LogP contribution in [0.4, 0.5) is 0 Å². The van der Waals surface area contributed by atoms with Crippen molar-refractivity contribution in [2.24, 2.45) is 0 Å². The van der Waals surface area contributed by atoms with Crippen molar-refractivity contribution in [2.45, 2.75) is 25.6 Å². The topological polar surface area (TPSA) is 70.7 Å². The van der Waals surface area contributed by atoms with Gasteiger partial charge in [0.2, 0.25) is 0 Å². The van der Waals surface area contributed by atoms with Crippen LogP contribution >= 0.6 is 11.3 Å². The Balaban J connectivity index is 1.36. The van der Waals surface area contributed by atoms with Gasteiger partial charge in [0.05, 0.1) is 13.2 Å². The summed E-state index contributed by atoms with van der Waals surface area (Å²) in [5.41, 5.74) is 3.58. The lowest BCUT2D eigenvalue weighted by molar-refractivity contribution is -0.139. The number of fused-ring (bicyclic) bond motifs is 1. The number of rotatable bonds is 7. The summed E-state index contributed by atoms with van der Waals surface area (Å²) < 4.78 is 5.19. The van der Waals surface area contributed by atoms with Crippen molar-refractivity contribution in [1.82, 2.24) is 15.5 Å². The molecule has 166 valence electrons. The van der Waals surface area contributed by atoms with Crippen LogP contribution in [0, 0.1) is 0 Å². The third kappa shape index (κ3) is 5.36. The van der Waals surface area contributed by atoms with E-state index in [0.717, 1.165) is 25.1 Å². The normalized spacial score (nSPS) is 14.3. The summed E-state index contributed by atoms with van der Waals surface area (Å²) in [6.45, 7) is 2.39. The molecule has 0 spiro atoms. The van der Waals surface area contributed by atoms with E-state index >= 15 is 0 Å². The van der Waals surface area contributed by atoms with Crippen LogP contribution in [0.15, 0.2) is 66.0 Å². The van der Waals surface area contributed by atoms with Gasteiger partial charge in [-0.05, 0) is 46.7 Å². The fraction of sp³-hybridized carbons (Fsp3) is 0.280. The van der Waals surface area contributed by atoms with E-state index in [1.54, 1.807) is 18.4 Å². The molecule has 4 rings (SSSR count). The molecule has 2 amide bonds. The first kappa shape index (κ1) is 22.0. The summed E-state index contributed by atoms with van der Waals surface area (Å²) in [6, 6.07) is 20.0. The number of thiophene rings is 1. The molecule has 2 N–H and O–H groups in total. The number of ether oxygens (including phenoxy) is 1. The second kappa shape index (κ2) is 10.4. The van der Waals surface area contributed by atoms with E-state index in [1.807, 2.05) is 35.7 Å². The van der Waals surface area contributed by atoms with Crippen molar-refractivity contribution >= 4 is 23.2 Å². The molecule has 0 saturated carbocycles. The van der Waals surface area contributed by atoms with Crippen LogP contribution in [0.3, 0.4) is 0 Å². The minimum Gasteiger partial charge on any atom is -0.497 e. The van der Waals surface area contributed by atoms with Crippen molar-refractivity contribution in [3.8, 4) is 5.75 Å². The number of amides is 2. The molecule has 0 aliphatic carbocycles. The molecule has 7 heteroatoms. The fourth-order valence-corrected chi connectivity index (χ4v) is 4.85. The summed E-state index contributed by atoms with van der Waals surface area (Å²) in [5, 5.41) is 7.57. The van der Waals surface area contributed by atoms with Gasteiger partial charge in [-0.1, -0.05) is 42.5 Å². The first-order valence-corrected chi connectivity index (χ1v) is 11.5. The Morgan fingerprint density at radius 3 is 2.62 bits per heavy atom. The molecular formula is C25H27N3O3S. The highest BCUT2D eigenvalue weighted by atomic mass is 32.1. The van der Waals surface area contributed by atoms with Gasteiger partial charge >= 0.3 is 11.8 Å². The Morgan fingerprint density at radius 1 is 1.03 bits per heavy atom. The zero-order valence-corrected chi connectivity index (χ0v) is 18.9. The Kier molecular flexibility index (Phi) is 7.19. The summed E-state index contributed by atoms with van der Waals surface area (Å²) in [4.78, 5) is 28.4. The molecule has 1 atom stereocenters. The molecule has 6 nitrogen and oxygen atoms in total. The SMILES string of the molecule is COc1cccc(CNC(=O)C(=O)NCC(c2cccs2)N2CCc3ccccc3C2)c1. The van der Waals surface area contributed by atoms with E-state index in [0.29, 0.717) is 12.3 Å². The average Bonchev–Trinajstić information content (AvgIpc) is 3.37. The second-order valence-corrected chi connectivity index (χ2v) is 8.74. The largest absolute Gasteiger partial charge is 0.497 e. The maximum Gasteiger partial charge on any atom is 0.309 e. The standard InChI is InChI=1S/C25H27N3O3S/c1-31-21-9-4-6-18(14-21)15-26-24(29)25(30)27-16-22(23-10-5-13-32-23)28-12-11-19-7-2-3-8-20(19)17-28/h2-10,13-14,22H,11-12,15-17H2,1H3,(H,26,29)(H,27,30). The van der Waals surface area contributed by atoms with Gasteiger partial charge in [-0.25, -0.2) is 0 Å². The highest BCUT2D eigenvalue weighted by Gasteiger charge is 2.26. The smallest absolute Gasteiger partial charge is 0.309 e. The number of benzene rings is 2. The molecule has 0 radical (unpaired) electrons. The van der Waals surface area contributed by atoms with Gasteiger partial charge in [-0.3, -0.25) is 14.5 Å². The number of carbonyl (C=O) groups excluding carboxylic acids is 2. The molecule has 3 aromatic rings. The van der Waals surface area contributed by atoms with E-state index < -0.39 is 11.8 Å². The summed E-state index contributed by atoms with van der Waals surface area (Å²) >= 11 is 1.67. The summed E-state index contributed by atoms with van der Waals surface area (Å²) in [6.07, 6.45) is 0.979. The van der Waals surface area contributed by atoms with Crippen LogP contribution in [0.2, 0.25) is 0 Å². The summed E-state index contributed by atoms with van der Waals surface area (Å²) in [7, 11) is 1.59. The van der Waals surface area contributed by atoms with Crippen LogP contribution < -0.4 is 15.4 Å². The number of carbonyl (C=O) groups is 2. The maximum absolute atomic E-state index is 12.5. The molecule has 2 aromatic carbocycles. The number of nitrogens with zero attached hydrogens (tertiary/aromatic N) is 1. The minimum absolute atomic E-state index is 0.0264. The Hall–Kier alpha value is -3.16. The monoisotopic (exact) mass is 449 g/mol. The van der Waals surface area contributed by atoms with E-state index in [1.165, 1.54) is 16.0 Å². The molecule has 1 aromatic heterocycles. The number of hydrogen-bond acceptors (Lipinski definition) is 5. The van der Waals surface area contributed by atoms with Crippen LogP contribution in [0.5, 0.6) is 5.75 Å². The van der Waals surface area contributed by atoms with Crippen molar-refractivity contribution in [3.05, 3.63) is 87.6 Å². The Labute approximate surface area is 192 Å². The van der Waals surface area contributed by atoms with Crippen molar-refractivity contribution < 1.29 is 14.3 Å². The highest BCUT2D eigenvalue weighted by Crippen LogP contribution is 2.30. The van der Waals surface area contributed by atoms with Crippen LogP contribution in [-0.4, -0.2) is 36.9 Å². The Morgan fingerprint density at radius 2 is 1.84 bits per heavy atom. The van der Waals surface area contributed by atoms with Crippen LogP contribution in [0.25, 0.3) is 0 Å². The lowest BCUT2D eigenvalue weighted by Gasteiger charge is -2.35. The first-order chi connectivity index (χ1) is 15.6. The predicted octanol–water partition coefficient (Wildman–Crippen LogP) is 3.29. The third-order valence-electron chi connectivity index (χ3n) is 5.72. The van der Waals surface area contributed by atoms with E-state index in [4.69, 9.17) is 4.74 Å². The van der Waals surface area contributed by atoms with Gasteiger partial charge in [0.25, 0.3) is 0 Å². The number of nitrogens with one attached hydrogen (secondary N) is 2. The van der Waals surface area contributed by atoms with Crippen LogP contribution in [0.1, 0.15) is 27.6 Å². The molecule has 0 fully saturated rings. The van der Waals surface area contributed by atoms with Crippen LogP contribution in [-0.2, 0) is 29.1 Å². The second-order valence-electron chi connectivity index (χ2n) is 7.76. The van der Waals surface area contributed by atoms with Crippen molar-refractivity contribution in [2.75, 3.05) is 20.2 Å². The average molecular weight is 450 g/mol. The molecule has 32 heavy (non-hydrogen) atoms. The molecule has 1 unspecified atom stereocenters. The molecule has 0 bridgehead atoms. The van der Waals surface area contributed by atoms with Gasteiger partial charge < -0.3 is 15.4 Å². The van der Waals surface area contributed by atoms with E-state index in [-0.39, 0.29) is 12.6 Å². The molecule has 1 aliphatic heterocycles. The maximum atomic E-state index is 12.5. The molecule has 2 heterocycles.